The fourth-order valence-electron chi connectivity index (χ4n) is 2.48. The molecule has 1 aromatic heterocycles. The van der Waals surface area contributed by atoms with E-state index in [1.54, 1.807) is 0 Å². The Labute approximate surface area is 123 Å². The molecule has 0 saturated heterocycles. The molecule has 3 rings (SSSR count). The van der Waals surface area contributed by atoms with Crippen LogP contribution in [-0.4, -0.2) is 32.8 Å². The fraction of sp³-hybridized carbons (Fsp3) is 0.533. The Morgan fingerprint density at radius 3 is 2.95 bits per heavy atom. The summed E-state index contributed by atoms with van der Waals surface area (Å²) in [6, 6.07) is 6.01. The van der Waals surface area contributed by atoms with Crippen molar-refractivity contribution in [2.45, 2.75) is 31.7 Å². The van der Waals surface area contributed by atoms with Gasteiger partial charge in [0, 0.05) is 30.5 Å². The number of aliphatic hydroxyl groups is 1. The van der Waals surface area contributed by atoms with Crippen molar-refractivity contribution in [2.75, 3.05) is 23.8 Å². The molecule has 0 spiro atoms. The number of anilines is 1. The molecule has 108 valence electrons. The smallest absolute Gasteiger partial charge is 0.113 e. The number of rotatable bonds is 7. The average Bonchev–Trinajstić information content (AvgIpc) is 3.22. The van der Waals surface area contributed by atoms with Gasteiger partial charge in [-0.1, -0.05) is 0 Å². The number of aromatic nitrogens is 2. The van der Waals surface area contributed by atoms with E-state index in [-0.39, 0.29) is 6.61 Å². The molecule has 1 heterocycles. The lowest BCUT2D eigenvalue weighted by Crippen LogP contribution is -2.05. The Kier molecular flexibility index (Phi) is 4.17. The van der Waals surface area contributed by atoms with Gasteiger partial charge in [-0.3, -0.25) is 0 Å². The van der Waals surface area contributed by atoms with Crippen LogP contribution in [0.5, 0.6) is 0 Å². The van der Waals surface area contributed by atoms with Crippen LogP contribution < -0.4 is 5.73 Å². The van der Waals surface area contributed by atoms with Gasteiger partial charge in [-0.15, -0.1) is 0 Å². The van der Waals surface area contributed by atoms with E-state index in [2.05, 4.69) is 10.6 Å². The normalized spacial score (nSPS) is 15.1. The number of imidazole rings is 1. The maximum atomic E-state index is 8.80. The van der Waals surface area contributed by atoms with Gasteiger partial charge >= 0.3 is 0 Å². The van der Waals surface area contributed by atoms with Crippen molar-refractivity contribution in [1.29, 1.82) is 0 Å². The molecular weight excluding hydrogens is 270 g/mol. The molecule has 4 nitrogen and oxygen atoms in total. The molecule has 1 fully saturated rings. The van der Waals surface area contributed by atoms with E-state index in [0.29, 0.717) is 5.92 Å². The largest absolute Gasteiger partial charge is 0.399 e. The van der Waals surface area contributed by atoms with Crippen LogP contribution in [0.15, 0.2) is 18.2 Å². The van der Waals surface area contributed by atoms with Gasteiger partial charge < -0.3 is 15.4 Å². The Bertz CT molecular complexity index is 592. The fourth-order valence-corrected chi connectivity index (χ4v) is 3.33. The van der Waals surface area contributed by atoms with Crippen LogP contribution in [-0.2, 0) is 6.54 Å². The Morgan fingerprint density at radius 1 is 1.35 bits per heavy atom. The number of aryl methyl sites for hydroxylation is 1. The third-order valence-electron chi connectivity index (χ3n) is 3.65. The lowest BCUT2D eigenvalue weighted by atomic mass is 10.3. The molecule has 1 aromatic carbocycles. The average molecular weight is 291 g/mol. The highest BCUT2D eigenvalue weighted by Crippen LogP contribution is 2.40. The highest BCUT2D eigenvalue weighted by Gasteiger charge is 2.29. The Balaban J connectivity index is 1.78. The second-order valence-electron chi connectivity index (χ2n) is 5.33. The quantitative estimate of drug-likeness (QED) is 0.608. The molecule has 1 aliphatic carbocycles. The van der Waals surface area contributed by atoms with E-state index in [4.69, 9.17) is 15.8 Å². The molecule has 0 unspecified atom stereocenters. The van der Waals surface area contributed by atoms with Crippen LogP contribution in [0.2, 0.25) is 0 Å². The van der Waals surface area contributed by atoms with Crippen molar-refractivity contribution < 1.29 is 5.11 Å². The highest BCUT2D eigenvalue weighted by atomic mass is 32.2. The minimum atomic E-state index is 0.285. The van der Waals surface area contributed by atoms with E-state index in [1.165, 1.54) is 24.2 Å². The molecule has 0 aliphatic heterocycles. The van der Waals surface area contributed by atoms with Gasteiger partial charge in [0.1, 0.15) is 5.82 Å². The van der Waals surface area contributed by atoms with Crippen molar-refractivity contribution in [3.8, 4) is 0 Å². The van der Waals surface area contributed by atoms with Crippen molar-refractivity contribution in [2.24, 2.45) is 0 Å². The van der Waals surface area contributed by atoms with E-state index >= 15 is 0 Å². The first-order valence-corrected chi connectivity index (χ1v) is 8.39. The lowest BCUT2D eigenvalue weighted by molar-refractivity contribution is 0.296. The zero-order valence-corrected chi connectivity index (χ0v) is 12.4. The van der Waals surface area contributed by atoms with E-state index in [9.17, 15) is 0 Å². The number of hydrogen-bond donors (Lipinski definition) is 2. The second-order valence-corrected chi connectivity index (χ2v) is 6.56. The van der Waals surface area contributed by atoms with Crippen LogP contribution in [0.25, 0.3) is 11.0 Å². The number of nitrogen functional groups attached to an aromatic ring is 1. The van der Waals surface area contributed by atoms with Crippen LogP contribution in [0, 0.1) is 0 Å². The maximum Gasteiger partial charge on any atom is 0.113 e. The monoisotopic (exact) mass is 291 g/mol. The summed E-state index contributed by atoms with van der Waals surface area (Å²) in [5.74, 6) is 3.96. The van der Waals surface area contributed by atoms with Crippen LogP contribution in [0.1, 0.15) is 31.0 Å². The predicted molar refractivity (Wildman–Crippen MR) is 85.1 cm³/mol. The van der Waals surface area contributed by atoms with Gasteiger partial charge in [-0.2, -0.15) is 11.8 Å². The number of aliphatic hydroxyl groups excluding tert-OH is 1. The Hall–Kier alpha value is -1.20. The minimum absolute atomic E-state index is 0.285. The summed E-state index contributed by atoms with van der Waals surface area (Å²) >= 11 is 1.90. The predicted octanol–water partition coefficient (Wildman–Crippen LogP) is 2.61. The van der Waals surface area contributed by atoms with Crippen LogP contribution in [0.3, 0.4) is 0 Å². The van der Waals surface area contributed by atoms with E-state index < -0.39 is 0 Å². The number of nitrogens with zero attached hydrogens (tertiary/aromatic N) is 2. The molecule has 1 aliphatic rings. The molecule has 2 aromatic rings. The maximum absolute atomic E-state index is 8.80. The summed E-state index contributed by atoms with van der Waals surface area (Å²) in [6.45, 7) is 1.27. The molecule has 3 N–H and O–H groups in total. The highest BCUT2D eigenvalue weighted by molar-refractivity contribution is 7.99. The molecule has 0 bridgehead atoms. The topological polar surface area (TPSA) is 64.1 Å². The van der Waals surface area contributed by atoms with Gasteiger partial charge in [-0.25, -0.2) is 4.98 Å². The van der Waals surface area contributed by atoms with Gasteiger partial charge in [0.25, 0.3) is 0 Å². The van der Waals surface area contributed by atoms with Gasteiger partial charge in [0.15, 0.2) is 0 Å². The number of hydrogen-bond acceptors (Lipinski definition) is 4. The van der Waals surface area contributed by atoms with Gasteiger partial charge in [-0.05, 0) is 43.2 Å². The zero-order valence-electron chi connectivity index (χ0n) is 11.6. The third-order valence-corrected chi connectivity index (χ3v) is 4.70. The first kappa shape index (κ1) is 13.8. The van der Waals surface area contributed by atoms with Gasteiger partial charge in [0.2, 0.25) is 0 Å². The summed E-state index contributed by atoms with van der Waals surface area (Å²) in [4.78, 5) is 4.78. The lowest BCUT2D eigenvalue weighted by Gasteiger charge is -2.08. The van der Waals surface area contributed by atoms with Crippen LogP contribution in [0.4, 0.5) is 5.69 Å². The summed E-state index contributed by atoms with van der Waals surface area (Å²) in [5, 5.41) is 8.80. The zero-order chi connectivity index (χ0) is 13.9. The summed E-state index contributed by atoms with van der Waals surface area (Å²) in [6.07, 6.45) is 3.40. The first-order chi connectivity index (χ1) is 9.79. The van der Waals surface area contributed by atoms with Crippen molar-refractivity contribution in [3.63, 3.8) is 0 Å². The molecular formula is C15H21N3OS. The molecule has 0 amide bonds. The first-order valence-electron chi connectivity index (χ1n) is 7.24. The number of thioether (sulfide) groups is 1. The number of nitrogens with two attached hydrogens (primary N) is 1. The molecule has 5 heteroatoms. The molecule has 0 atom stereocenters. The second kappa shape index (κ2) is 6.06. The summed E-state index contributed by atoms with van der Waals surface area (Å²) < 4.78 is 2.36. The standard InChI is InChI=1S/C15H21N3OS/c16-12-4-5-14-13(10-12)17-15(11-2-3-11)18(14)6-9-20-8-1-7-19/h4-5,10-11,19H,1-3,6-9,16H2. The molecule has 0 radical (unpaired) electrons. The molecule has 1 saturated carbocycles. The van der Waals surface area contributed by atoms with E-state index in [1.807, 2.05) is 23.9 Å². The Morgan fingerprint density at radius 2 is 2.20 bits per heavy atom. The molecule has 20 heavy (non-hydrogen) atoms. The number of benzene rings is 1. The number of fused-ring (bicyclic) bond motifs is 1. The van der Waals surface area contributed by atoms with Gasteiger partial charge in [0.05, 0.1) is 11.0 Å². The van der Waals surface area contributed by atoms with Crippen molar-refractivity contribution >= 4 is 28.5 Å². The van der Waals surface area contributed by atoms with Crippen molar-refractivity contribution in [3.05, 3.63) is 24.0 Å². The van der Waals surface area contributed by atoms with Crippen LogP contribution >= 0.6 is 11.8 Å². The summed E-state index contributed by atoms with van der Waals surface area (Å²) in [5.41, 5.74) is 8.85. The minimum Gasteiger partial charge on any atom is -0.399 e. The van der Waals surface area contributed by atoms with E-state index in [0.717, 1.165) is 35.7 Å². The third kappa shape index (κ3) is 2.94. The SMILES string of the molecule is Nc1ccc2c(c1)nc(C1CC1)n2CCSCCCO. The van der Waals surface area contributed by atoms with Crippen molar-refractivity contribution in [1.82, 2.24) is 9.55 Å². The summed E-state index contributed by atoms with van der Waals surface area (Å²) in [7, 11) is 0.